The number of H-pyrrole nitrogens is 1. The van der Waals surface area contributed by atoms with Crippen LogP contribution in [0.5, 0.6) is 0 Å². The van der Waals surface area contributed by atoms with Gasteiger partial charge in [0.25, 0.3) is 10.1 Å². The van der Waals surface area contributed by atoms with Crippen molar-refractivity contribution < 1.29 is 13.0 Å². The van der Waals surface area contributed by atoms with Gasteiger partial charge in [-0.3, -0.25) is 4.55 Å². The molecule has 0 atom stereocenters. The molecule has 4 nitrogen and oxygen atoms in total. The van der Waals surface area contributed by atoms with Crippen molar-refractivity contribution in [3.05, 3.63) is 42.5 Å². The molecule has 0 fully saturated rings. The summed E-state index contributed by atoms with van der Waals surface area (Å²) in [5.41, 5.74) is 1.54. The summed E-state index contributed by atoms with van der Waals surface area (Å²) in [6.45, 7) is 0. The molecule has 0 bridgehead atoms. The maximum Gasteiger partial charge on any atom is 0.295 e. The molecule has 1 aromatic heterocycles. The maximum atomic E-state index is 11.3. The minimum absolute atomic E-state index is 0.0625. The summed E-state index contributed by atoms with van der Waals surface area (Å²) in [6, 6.07) is 12.2. The van der Waals surface area contributed by atoms with E-state index < -0.39 is 10.1 Å². The first-order valence-corrected chi connectivity index (χ1v) is 6.48. The van der Waals surface area contributed by atoms with Crippen LogP contribution in [0.25, 0.3) is 21.8 Å². The molecule has 0 spiro atoms. The van der Waals surface area contributed by atoms with Crippen molar-refractivity contribution in [1.29, 1.82) is 0 Å². The summed E-state index contributed by atoms with van der Waals surface area (Å²) in [4.78, 5) is 3.05. The minimum atomic E-state index is -4.21. The second kappa shape index (κ2) is 3.32. The number of aromatic nitrogens is 1. The Bertz CT molecular complexity index is 818. The van der Waals surface area contributed by atoms with Crippen LogP contribution in [0, 0.1) is 0 Å². The largest absolute Gasteiger partial charge is 0.354 e. The molecular weight excluding hydrogens is 238 g/mol. The van der Waals surface area contributed by atoms with Gasteiger partial charge in [0, 0.05) is 21.8 Å². The van der Waals surface area contributed by atoms with Gasteiger partial charge in [0.15, 0.2) is 0 Å². The molecule has 0 saturated heterocycles. The number of rotatable bonds is 1. The molecule has 0 aliphatic carbocycles. The molecule has 3 aromatic rings. The number of nitrogens with one attached hydrogen (secondary N) is 1. The summed E-state index contributed by atoms with van der Waals surface area (Å²) < 4.78 is 31.9. The Kier molecular flexibility index (Phi) is 2.01. The zero-order valence-corrected chi connectivity index (χ0v) is 9.53. The third-order valence-corrected chi connectivity index (χ3v) is 3.67. The van der Waals surface area contributed by atoms with E-state index in [0.29, 0.717) is 10.9 Å². The highest BCUT2D eigenvalue weighted by molar-refractivity contribution is 7.86. The lowest BCUT2D eigenvalue weighted by molar-refractivity contribution is 0.484. The van der Waals surface area contributed by atoms with Crippen molar-refractivity contribution in [3.8, 4) is 0 Å². The molecule has 3 rings (SSSR count). The molecule has 1 heterocycles. The van der Waals surface area contributed by atoms with E-state index in [-0.39, 0.29) is 4.90 Å². The van der Waals surface area contributed by atoms with Crippen LogP contribution < -0.4 is 0 Å². The monoisotopic (exact) mass is 247 g/mol. The Hall–Kier alpha value is -1.85. The van der Waals surface area contributed by atoms with Crippen molar-refractivity contribution in [3.63, 3.8) is 0 Å². The fourth-order valence-corrected chi connectivity index (χ4v) is 2.81. The summed E-state index contributed by atoms with van der Waals surface area (Å²) >= 11 is 0. The van der Waals surface area contributed by atoms with Crippen molar-refractivity contribution >= 4 is 31.9 Å². The fraction of sp³-hybridized carbons (Fsp3) is 0. The summed E-state index contributed by atoms with van der Waals surface area (Å²) in [5.74, 6) is 0. The first-order chi connectivity index (χ1) is 8.07. The van der Waals surface area contributed by atoms with E-state index in [4.69, 9.17) is 0 Å². The quantitative estimate of drug-likeness (QED) is 0.649. The Morgan fingerprint density at radius 1 is 0.941 bits per heavy atom. The zero-order chi connectivity index (χ0) is 12.0. The van der Waals surface area contributed by atoms with Gasteiger partial charge >= 0.3 is 0 Å². The molecule has 86 valence electrons. The SMILES string of the molecule is O=S(=O)(O)c1cccc2[nH]c3ccccc3c12. The number of hydrogen-bond donors (Lipinski definition) is 2. The van der Waals surface area contributed by atoms with Crippen LogP contribution >= 0.6 is 0 Å². The molecule has 0 aliphatic rings. The average Bonchev–Trinajstić information content (AvgIpc) is 2.65. The average molecular weight is 247 g/mol. The molecule has 0 radical (unpaired) electrons. The second-order valence-electron chi connectivity index (χ2n) is 3.82. The van der Waals surface area contributed by atoms with E-state index >= 15 is 0 Å². The Morgan fingerprint density at radius 3 is 2.41 bits per heavy atom. The van der Waals surface area contributed by atoms with E-state index in [9.17, 15) is 13.0 Å². The lowest BCUT2D eigenvalue weighted by atomic mass is 10.1. The van der Waals surface area contributed by atoms with Crippen LogP contribution in [0.15, 0.2) is 47.4 Å². The highest BCUT2D eigenvalue weighted by Gasteiger charge is 2.16. The van der Waals surface area contributed by atoms with Gasteiger partial charge in [-0.25, -0.2) is 0 Å². The van der Waals surface area contributed by atoms with Crippen molar-refractivity contribution in [1.82, 2.24) is 4.98 Å². The van der Waals surface area contributed by atoms with E-state index in [1.165, 1.54) is 6.07 Å². The maximum absolute atomic E-state index is 11.3. The van der Waals surface area contributed by atoms with Gasteiger partial charge in [-0.15, -0.1) is 0 Å². The molecule has 0 saturated carbocycles. The zero-order valence-electron chi connectivity index (χ0n) is 8.71. The number of fused-ring (bicyclic) bond motifs is 3. The number of aromatic amines is 1. The van der Waals surface area contributed by atoms with E-state index in [1.807, 2.05) is 24.3 Å². The predicted octanol–water partition coefficient (Wildman–Crippen LogP) is 2.57. The molecule has 0 amide bonds. The normalized spacial score (nSPS) is 12.3. The van der Waals surface area contributed by atoms with Gasteiger partial charge in [0.2, 0.25) is 0 Å². The van der Waals surface area contributed by atoms with E-state index in [0.717, 1.165) is 10.9 Å². The van der Waals surface area contributed by atoms with Gasteiger partial charge in [-0.05, 0) is 18.2 Å². The number of para-hydroxylation sites is 1. The molecule has 2 aromatic carbocycles. The van der Waals surface area contributed by atoms with Crippen LogP contribution in [0.3, 0.4) is 0 Å². The molecule has 5 heteroatoms. The third kappa shape index (κ3) is 1.51. The van der Waals surface area contributed by atoms with Crippen molar-refractivity contribution in [2.75, 3.05) is 0 Å². The van der Waals surface area contributed by atoms with Gasteiger partial charge < -0.3 is 4.98 Å². The Labute approximate surface area is 97.6 Å². The van der Waals surface area contributed by atoms with Gasteiger partial charge in [-0.2, -0.15) is 8.42 Å². The fourth-order valence-electron chi connectivity index (χ4n) is 2.08. The summed E-state index contributed by atoms with van der Waals surface area (Å²) in [6.07, 6.45) is 0. The van der Waals surface area contributed by atoms with Crippen molar-refractivity contribution in [2.24, 2.45) is 0 Å². The molecular formula is C12H9NO3S. The van der Waals surface area contributed by atoms with Gasteiger partial charge in [0.05, 0.1) is 0 Å². The second-order valence-corrected chi connectivity index (χ2v) is 5.21. The first kappa shape index (κ1) is 10.3. The number of benzene rings is 2. The van der Waals surface area contributed by atoms with Crippen LogP contribution in [0.1, 0.15) is 0 Å². The molecule has 17 heavy (non-hydrogen) atoms. The van der Waals surface area contributed by atoms with E-state index in [2.05, 4.69) is 4.98 Å². The summed E-state index contributed by atoms with van der Waals surface area (Å²) in [7, 11) is -4.21. The van der Waals surface area contributed by atoms with Crippen LogP contribution in [-0.4, -0.2) is 18.0 Å². The van der Waals surface area contributed by atoms with Crippen LogP contribution in [0.4, 0.5) is 0 Å². The minimum Gasteiger partial charge on any atom is -0.354 e. The summed E-state index contributed by atoms with van der Waals surface area (Å²) in [5, 5.41) is 1.32. The Morgan fingerprint density at radius 2 is 1.65 bits per heavy atom. The van der Waals surface area contributed by atoms with Crippen molar-refractivity contribution in [2.45, 2.75) is 4.90 Å². The highest BCUT2D eigenvalue weighted by Crippen LogP contribution is 2.30. The lowest BCUT2D eigenvalue weighted by Crippen LogP contribution is -1.98. The standard InChI is InChI=1S/C12H9NO3S/c14-17(15,16)11-7-3-6-10-12(11)8-4-1-2-5-9(8)13-10/h1-7,13H,(H,14,15,16). The van der Waals surface area contributed by atoms with E-state index in [1.54, 1.807) is 12.1 Å². The van der Waals surface area contributed by atoms with Crippen LogP contribution in [-0.2, 0) is 10.1 Å². The molecule has 0 aliphatic heterocycles. The van der Waals surface area contributed by atoms with Gasteiger partial charge in [-0.1, -0.05) is 24.3 Å². The number of hydrogen-bond acceptors (Lipinski definition) is 2. The topological polar surface area (TPSA) is 70.2 Å². The third-order valence-electron chi connectivity index (χ3n) is 2.77. The highest BCUT2D eigenvalue weighted by atomic mass is 32.2. The molecule has 0 unspecified atom stereocenters. The predicted molar refractivity (Wildman–Crippen MR) is 65.6 cm³/mol. The smallest absolute Gasteiger partial charge is 0.295 e. The van der Waals surface area contributed by atoms with Gasteiger partial charge in [0.1, 0.15) is 4.90 Å². The van der Waals surface area contributed by atoms with Crippen LogP contribution in [0.2, 0.25) is 0 Å². The Balaban J connectivity index is 2.61. The lowest BCUT2D eigenvalue weighted by Gasteiger charge is -1.99. The first-order valence-electron chi connectivity index (χ1n) is 5.04. The molecule has 2 N–H and O–H groups in total.